The average Bonchev–Trinajstić information content (AvgIpc) is 2.92. The van der Waals surface area contributed by atoms with Crippen LogP contribution in [0.2, 0.25) is 0 Å². The van der Waals surface area contributed by atoms with Gasteiger partial charge in [0.15, 0.2) is 0 Å². The van der Waals surface area contributed by atoms with E-state index in [0.717, 1.165) is 35.0 Å². The molecule has 0 bridgehead atoms. The van der Waals surface area contributed by atoms with Crippen molar-refractivity contribution < 1.29 is 5.11 Å². The van der Waals surface area contributed by atoms with Gasteiger partial charge in [-0.2, -0.15) is 0 Å². The van der Waals surface area contributed by atoms with Crippen LogP contribution in [0.5, 0.6) is 5.88 Å². The monoisotopic (exact) mass is 326 g/mol. The lowest BCUT2D eigenvalue weighted by Crippen LogP contribution is -2.42. The first-order valence-electron chi connectivity index (χ1n) is 7.99. The summed E-state index contributed by atoms with van der Waals surface area (Å²) in [7, 11) is 0. The van der Waals surface area contributed by atoms with Gasteiger partial charge in [-0.05, 0) is 24.5 Å². The zero-order chi connectivity index (χ0) is 16.8. The number of aromatic nitrogens is 3. The Balaban J connectivity index is 1.98. The van der Waals surface area contributed by atoms with Crippen LogP contribution in [0.4, 0.5) is 0 Å². The topological polar surface area (TPSA) is 114 Å². The Bertz CT molecular complexity index is 1030. The van der Waals surface area contributed by atoms with Crippen molar-refractivity contribution in [2.24, 2.45) is 0 Å². The lowest BCUT2D eigenvalue weighted by atomic mass is 9.90. The molecule has 0 saturated heterocycles. The number of hydrogen-bond donors (Lipinski definition) is 5. The van der Waals surface area contributed by atoms with Crippen LogP contribution in [0.25, 0.3) is 10.9 Å². The van der Waals surface area contributed by atoms with E-state index in [-0.39, 0.29) is 11.6 Å². The summed E-state index contributed by atoms with van der Waals surface area (Å²) < 4.78 is 0. The number of aromatic amines is 3. The number of hydrogen-bond acceptors (Lipinski definition) is 4. The van der Waals surface area contributed by atoms with E-state index in [1.807, 2.05) is 18.2 Å². The molecule has 0 aliphatic carbocycles. The number of para-hydroxylation sites is 1. The summed E-state index contributed by atoms with van der Waals surface area (Å²) in [5.74, 6) is -0.400. The molecule has 0 saturated carbocycles. The van der Waals surface area contributed by atoms with E-state index in [2.05, 4.69) is 33.3 Å². The first-order valence-corrected chi connectivity index (χ1v) is 7.99. The Morgan fingerprint density at radius 1 is 1.17 bits per heavy atom. The van der Waals surface area contributed by atoms with Gasteiger partial charge in [-0.3, -0.25) is 14.8 Å². The van der Waals surface area contributed by atoms with Gasteiger partial charge in [0, 0.05) is 22.6 Å². The maximum absolute atomic E-state index is 12.3. The number of aromatic hydroxyl groups is 1. The molecule has 2 aromatic heterocycles. The number of H-pyrrole nitrogens is 3. The van der Waals surface area contributed by atoms with Crippen LogP contribution in [-0.4, -0.2) is 26.1 Å². The fourth-order valence-corrected chi connectivity index (χ4v) is 3.55. The van der Waals surface area contributed by atoms with Crippen molar-refractivity contribution in [3.8, 4) is 5.88 Å². The third-order valence-corrected chi connectivity index (χ3v) is 4.73. The van der Waals surface area contributed by atoms with Crippen LogP contribution in [0.3, 0.4) is 0 Å². The highest BCUT2D eigenvalue weighted by molar-refractivity contribution is 5.85. The predicted molar refractivity (Wildman–Crippen MR) is 90.4 cm³/mol. The van der Waals surface area contributed by atoms with E-state index in [9.17, 15) is 14.7 Å². The third-order valence-electron chi connectivity index (χ3n) is 4.73. The molecule has 7 nitrogen and oxygen atoms in total. The van der Waals surface area contributed by atoms with Gasteiger partial charge in [0.05, 0.1) is 6.04 Å². The summed E-state index contributed by atoms with van der Waals surface area (Å²) in [4.78, 5) is 31.5. The van der Waals surface area contributed by atoms with E-state index >= 15 is 0 Å². The minimum absolute atomic E-state index is 0.126. The zero-order valence-electron chi connectivity index (χ0n) is 13.1. The Kier molecular flexibility index (Phi) is 3.31. The summed E-state index contributed by atoms with van der Waals surface area (Å²) in [5.41, 5.74) is 1.81. The smallest absolute Gasteiger partial charge is 0.328 e. The lowest BCUT2D eigenvalue weighted by Gasteiger charge is -2.30. The van der Waals surface area contributed by atoms with Gasteiger partial charge in [-0.15, -0.1) is 0 Å². The molecule has 4 rings (SSSR count). The number of benzene rings is 1. The molecule has 0 fully saturated rings. The first kappa shape index (κ1) is 14.8. The van der Waals surface area contributed by atoms with Crippen LogP contribution < -0.4 is 16.6 Å². The SMILES string of the molecule is CC[C@@H]1Cc2c([nH]c3ccccc23)[C@H](c2c(O)[nH]c(=O)[nH]c2=O)N1. The van der Waals surface area contributed by atoms with Crippen molar-refractivity contribution in [3.63, 3.8) is 0 Å². The maximum Gasteiger partial charge on any atom is 0.328 e. The molecule has 1 aliphatic rings. The highest BCUT2D eigenvalue weighted by atomic mass is 16.3. The normalized spacial score (nSPS) is 20.2. The fourth-order valence-electron chi connectivity index (χ4n) is 3.55. The van der Waals surface area contributed by atoms with Gasteiger partial charge >= 0.3 is 5.69 Å². The van der Waals surface area contributed by atoms with Crippen LogP contribution in [-0.2, 0) is 6.42 Å². The third kappa shape index (κ3) is 2.16. The number of nitrogens with one attached hydrogen (secondary N) is 4. The van der Waals surface area contributed by atoms with Crippen LogP contribution in [0.15, 0.2) is 33.9 Å². The van der Waals surface area contributed by atoms with Crippen molar-refractivity contribution in [3.05, 3.63) is 61.9 Å². The maximum atomic E-state index is 12.3. The summed E-state index contributed by atoms with van der Waals surface area (Å²) in [6, 6.07) is 7.64. The Hall–Kier alpha value is -2.80. The largest absolute Gasteiger partial charge is 0.494 e. The molecule has 2 atom stereocenters. The van der Waals surface area contributed by atoms with E-state index < -0.39 is 23.2 Å². The quantitative estimate of drug-likeness (QED) is 0.488. The second kappa shape index (κ2) is 5.38. The molecule has 24 heavy (non-hydrogen) atoms. The molecule has 0 amide bonds. The zero-order valence-corrected chi connectivity index (χ0v) is 13.1. The van der Waals surface area contributed by atoms with Crippen molar-refractivity contribution in [2.75, 3.05) is 0 Å². The number of fused-ring (bicyclic) bond motifs is 3. The molecule has 1 aromatic carbocycles. The summed E-state index contributed by atoms with van der Waals surface area (Å²) >= 11 is 0. The second-order valence-corrected chi connectivity index (χ2v) is 6.14. The Morgan fingerprint density at radius 3 is 2.71 bits per heavy atom. The fraction of sp³-hybridized carbons (Fsp3) is 0.294. The van der Waals surface area contributed by atoms with Crippen LogP contribution in [0, 0.1) is 0 Å². The molecule has 0 unspecified atom stereocenters. The summed E-state index contributed by atoms with van der Waals surface area (Å²) in [6.45, 7) is 2.07. The van der Waals surface area contributed by atoms with Gasteiger partial charge in [-0.25, -0.2) is 4.79 Å². The Morgan fingerprint density at radius 2 is 1.96 bits per heavy atom. The van der Waals surface area contributed by atoms with Crippen molar-refractivity contribution in [1.29, 1.82) is 0 Å². The van der Waals surface area contributed by atoms with Gasteiger partial charge in [0.1, 0.15) is 5.56 Å². The number of rotatable bonds is 2. The lowest BCUT2D eigenvalue weighted by molar-refractivity contribution is 0.392. The minimum Gasteiger partial charge on any atom is -0.494 e. The van der Waals surface area contributed by atoms with Crippen LogP contribution in [0.1, 0.15) is 36.2 Å². The minimum atomic E-state index is -0.721. The predicted octanol–water partition coefficient (Wildman–Crippen LogP) is 1.26. The van der Waals surface area contributed by atoms with E-state index in [4.69, 9.17) is 0 Å². The molecule has 0 spiro atoms. The molecule has 3 heterocycles. The van der Waals surface area contributed by atoms with Gasteiger partial charge < -0.3 is 15.4 Å². The van der Waals surface area contributed by atoms with E-state index in [1.54, 1.807) is 0 Å². The van der Waals surface area contributed by atoms with Gasteiger partial charge in [-0.1, -0.05) is 25.1 Å². The highest BCUT2D eigenvalue weighted by Gasteiger charge is 2.33. The molecule has 0 radical (unpaired) electrons. The molecule has 5 N–H and O–H groups in total. The van der Waals surface area contributed by atoms with Crippen molar-refractivity contribution >= 4 is 10.9 Å². The summed E-state index contributed by atoms with van der Waals surface area (Å²) in [5, 5.41) is 14.7. The molecule has 124 valence electrons. The molecular formula is C17H18N4O3. The van der Waals surface area contributed by atoms with Crippen LogP contribution >= 0.6 is 0 Å². The van der Waals surface area contributed by atoms with Gasteiger partial charge in [0.2, 0.25) is 5.88 Å². The molecule has 1 aliphatic heterocycles. The molecular weight excluding hydrogens is 308 g/mol. The van der Waals surface area contributed by atoms with Gasteiger partial charge in [0.25, 0.3) is 5.56 Å². The molecule has 7 heteroatoms. The highest BCUT2D eigenvalue weighted by Crippen LogP contribution is 2.36. The van der Waals surface area contributed by atoms with E-state index in [0.29, 0.717) is 0 Å². The molecule has 3 aromatic rings. The average molecular weight is 326 g/mol. The standard InChI is InChI=1S/C17H18N4O3/c1-2-8-7-10-9-5-3-4-6-11(9)19-13(10)14(18-8)12-15(22)20-17(24)21-16(12)23/h3-6,8,14,18-19H,2,7H2,1H3,(H3,20,21,22,23,24)/t8-,14+/m1/s1. The summed E-state index contributed by atoms with van der Waals surface area (Å²) in [6.07, 6.45) is 1.73. The first-order chi connectivity index (χ1) is 11.6. The van der Waals surface area contributed by atoms with Crippen molar-refractivity contribution in [1.82, 2.24) is 20.3 Å². The van der Waals surface area contributed by atoms with E-state index in [1.165, 1.54) is 0 Å². The second-order valence-electron chi connectivity index (χ2n) is 6.14. The van der Waals surface area contributed by atoms with Crippen molar-refractivity contribution in [2.45, 2.75) is 31.8 Å². The Labute approximate surface area is 136 Å².